The average Bonchev–Trinajstić information content (AvgIpc) is 3.07. The normalized spacial score (nSPS) is 10.5. The lowest BCUT2D eigenvalue weighted by Gasteiger charge is -2.08. The second-order valence-electron chi connectivity index (χ2n) is 5.14. The van der Waals surface area contributed by atoms with E-state index in [1.807, 2.05) is 31.2 Å². The Bertz CT molecular complexity index is 828. The molecule has 2 heterocycles. The first-order valence-corrected chi connectivity index (χ1v) is 7.13. The van der Waals surface area contributed by atoms with Gasteiger partial charge in [0.2, 0.25) is 0 Å². The maximum atomic E-state index is 12.2. The van der Waals surface area contributed by atoms with E-state index in [0.717, 1.165) is 11.1 Å². The van der Waals surface area contributed by atoms with Crippen molar-refractivity contribution in [1.29, 1.82) is 0 Å². The highest BCUT2D eigenvalue weighted by Gasteiger charge is 2.14. The molecule has 0 aliphatic heterocycles. The smallest absolute Gasteiger partial charge is 0.256 e. The minimum Gasteiger partial charge on any atom is -0.461 e. The SMILES string of the molecule is Cc1cccc(CNC(=O)c2cnc(-c3ccco3)nc2N)c1. The van der Waals surface area contributed by atoms with Gasteiger partial charge < -0.3 is 15.5 Å². The summed E-state index contributed by atoms with van der Waals surface area (Å²) >= 11 is 0. The molecule has 0 aliphatic rings. The first kappa shape index (κ1) is 14.8. The van der Waals surface area contributed by atoms with Crippen molar-refractivity contribution in [3.63, 3.8) is 0 Å². The van der Waals surface area contributed by atoms with Crippen LogP contribution in [0.25, 0.3) is 11.6 Å². The summed E-state index contributed by atoms with van der Waals surface area (Å²) in [4.78, 5) is 20.5. The predicted molar refractivity (Wildman–Crippen MR) is 86.5 cm³/mol. The average molecular weight is 308 g/mol. The van der Waals surface area contributed by atoms with Crippen molar-refractivity contribution in [3.8, 4) is 11.6 Å². The number of carbonyl (C=O) groups is 1. The van der Waals surface area contributed by atoms with E-state index in [1.54, 1.807) is 12.1 Å². The Hall–Kier alpha value is -3.15. The van der Waals surface area contributed by atoms with Crippen LogP contribution in [0.2, 0.25) is 0 Å². The summed E-state index contributed by atoms with van der Waals surface area (Å²) in [6.07, 6.45) is 2.93. The van der Waals surface area contributed by atoms with E-state index < -0.39 is 0 Å². The fraction of sp³-hybridized carbons (Fsp3) is 0.118. The molecule has 3 aromatic rings. The lowest BCUT2D eigenvalue weighted by Crippen LogP contribution is -2.24. The minimum absolute atomic E-state index is 0.119. The fourth-order valence-electron chi connectivity index (χ4n) is 2.19. The van der Waals surface area contributed by atoms with Gasteiger partial charge in [0.25, 0.3) is 5.91 Å². The third kappa shape index (κ3) is 3.37. The summed E-state index contributed by atoms with van der Waals surface area (Å²) < 4.78 is 5.21. The number of amides is 1. The number of anilines is 1. The Labute approximate surface area is 133 Å². The molecular weight excluding hydrogens is 292 g/mol. The lowest BCUT2D eigenvalue weighted by atomic mass is 10.1. The van der Waals surface area contributed by atoms with Gasteiger partial charge in [0, 0.05) is 12.7 Å². The summed E-state index contributed by atoms with van der Waals surface area (Å²) in [5, 5.41) is 2.82. The minimum atomic E-state index is -0.310. The Morgan fingerprint density at radius 2 is 2.17 bits per heavy atom. The zero-order chi connectivity index (χ0) is 16.2. The van der Waals surface area contributed by atoms with Gasteiger partial charge in [-0.25, -0.2) is 9.97 Å². The molecule has 0 fully saturated rings. The van der Waals surface area contributed by atoms with Crippen LogP contribution in [0.3, 0.4) is 0 Å². The molecule has 0 unspecified atom stereocenters. The number of nitrogens with two attached hydrogens (primary N) is 1. The molecule has 0 spiro atoms. The summed E-state index contributed by atoms with van der Waals surface area (Å²) in [5.41, 5.74) is 8.27. The van der Waals surface area contributed by atoms with Crippen molar-refractivity contribution in [2.75, 3.05) is 5.73 Å². The van der Waals surface area contributed by atoms with Crippen molar-refractivity contribution in [3.05, 3.63) is 65.5 Å². The van der Waals surface area contributed by atoms with Gasteiger partial charge in [-0.1, -0.05) is 29.8 Å². The van der Waals surface area contributed by atoms with Crippen LogP contribution in [0.1, 0.15) is 21.5 Å². The van der Waals surface area contributed by atoms with Crippen LogP contribution >= 0.6 is 0 Å². The van der Waals surface area contributed by atoms with Gasteiger partial charge in [-0.15, -0.1) is 0 Å². The van der Waals surface area contributed by atoms with Gasteiger partial charge in [0.15, 0.2) is 11.6 Å². The highest BCUT2D eigenvalue weighted by Crippen LogP contribution is 2.18. The Kier molecular flexibility index (Phi) is 4.05. The largest absolute Gasteiger partial charge is 0.461 e. The van der Waals surface area contributed by atoms with Crippen LogP contribution in [0.15, 0.2) is 53.3 Å². The van der Waals surface area contributed by atoms with Crippen LogP contribution in [0, 0.1) is 6.92 Å². The molecule has 23 heavy (non-hydrogen) atoms. The van der Waals surface area contributed by atoms with Gasteiger partial charge in [-0.2, -0.15) is 0 Å². The predicted octanol–water partition coefficient (Wildman–Crippen LogP) is 2.56. The molecule has 6 nitrogen and oxygen atoms in total. The van der Waals surface area contributed by atoms with Crippen LogP contribution in [-0.2, 0) is 6.54 Å². The molecule has 0 atom stereocenters. The van der Waals surface area contributed by atoms with Gasteiger partial charge in [-0.3, -0.25) is 4.79 Å². The summed E-state index contributed by atoms with van der Waals surface area (Å²) in [6.45, 7) is 2.42. The van der Waals surface area contributed by atoms with Crippen molar-refractivity contribution in [2.45, 2.75) is 13.5 Å². The maximum Gasteiger partial charge on any atom is 0.256 e. The molecule has 3 rings (SSSR count). The van der Waals surface area contributed by atoms with Crippen molar-refractivity contribution in [2.24, 2.45) is 0 Å². The molecule has 1 amide bonds. The lowest BCUT2D eigenvalue weighted by molar-refractivity contribution is 0.0951. The molecule has 1 aromatic carbocycles. The number of hydrogen-bond acceptors (Lipinski definition) is 5. The van der Waals surface area contributed by atoms with E-state index in [1.165, 1.54) is 12.5 Å². The molecule has 6 heteroatoms. The number of aryl methyl sites for hydroxylation is 1. The number of rotatable bonds is 4. The molecule has 116 valence electrons. The molecule has 0 bridgehead atoms. The van der Waals surface area contributed by atoms with Crippen LogP contribution in [0.4, 0.5) is 5.82 Å². The molecular formula is C17H16N4O2. The number of aromatic nitrogens is 2. The van der Waals surface area contributed by atoms with Gasteiger partial charge >= 0.3 is 0 Å². The molecule has 0 saturated carbocycles. The van der Waals surface area contributed by atoms with E-state index >= 15 is 0 Å². The monoisotopic (exact) mass is 308 g/mol. The summed E-state index contributed by atoms with van der Waals surface area (Å²) in [7, 11) is 0. The first-order valence-electron chi connectivity index (χ1n) is 7.13. The highest BCUT2D eigenvalue weighted by molar-refractivity contribution is 5.98. The fourth-order valence-corrected chi connectivity index (χ4v) is 2.19. The third-order valence-corrected chi connectivity index (χ3v) is 3.34. The second kappa shape index (κ2) is 6.31. The molecule has 3 N–H and O–H groups in total. The number of nitrogens with one attached hydrogen (secondary N) is 1. The van der Waals surface area contributed by atoms with E-state index in [0.29, 0.717) is 18.1 Å². The van der Waals surface area contributed by atoms with Gasteiger partial charge in [0.1, 0.15) is 5.82 Å². The van der Waals surface area contributed by atoms with Crippen LogP contribution in [-0.4, -0.2) is 15.9 Å². The third-order valence-electron chi connectivity index (χ3n) is 3.34. The molecule has 0 saturated heterocycles. The summed E-state index contributed by atoms with van der Waals surface area (Å²) in [6, 6.07) is 11.4. The van der Waals surface area contributed by atoms with E-state index in [-0.39, 0.29) is 17.3 Å². The van der Waals surface area contributed by atoms with Crippen LogP contribution < -0.4 is 11.1 Å². The van der Waals surface area contributed by atoms with Gasteiger partial charge in [-0.05, 0) is 24.6 Å². The maximum absolute atomic E-state index is 12.2. The highest BCUT2D eigenvalue weighted by atomic mass is 16.3. The number of nitrogen functional groups attached to an aromatic ring is 1. The quantitative estimate of drug-likeness (QED) is 0.772. The first-order chi connectivity index (χ1) is 11.1. The molecule has 0 aliphatic carbocycles. The number of hydrogen-bond donors (Lipinski definition) is 2. The number of benzene rings is 1. The Morgan fingerprint density at radius 3 is 2.87 bits per heavy atom. The van der Waals surface area contributed by atoms with E-state index in [4.69, 9.17) is 10.2 Å². The number of carbonyl (C=O) groups excluding carboxylic acids is 1. The van der Waals surface area contributed by atoms with Crippen molar-refractivity contribution in [1.82, 2.24) is 15.3 Å². The summed E-state index contributed by atoms with van der Waals surface area (Å²) in [5.74, 6) is 0.661. The van der Waals surface area contributed by atoms with E-state index in [2.05, 4.69) is 15.3 Å². The number of furan rings is 1. The molecule has 0 radical (unpaired) electrons. The zero-order valence-electron chi connectivity index (χ0n) is 12.6. The van der Waals surface area contributed by atoms with Crippen LogP contribution in [0.5, 0.6) is 0 Å². The standard InChI is InChI=1S/C17H16N4O2/c1-11-4-2-5-12(8-11)9-20-17(22)13-10-19-16(21-15(13)18)14-6-3-7-23-14/h2-8,10H,9H2,1H3,(H,20,22)(H2,18,19,21). The molecule has 2 aromatic heterocycles. The van der Waals surface area contributed by atoms with E-state index in [9.17, 15) is 4.79 Å². The van der Waals surface area contributed by atoms with Crippen molar-refractivity contribution >= 4 is 11.7 Å². The second-order valence-corrected chi connectivity index (χ2v) is 5.14. The van der Waals surface area contributed by atoms with Crippen molar-refractivity contribution < 1.29 is 9.21 Å². The van der Waals surface area contributed by atoms with Gasteiger partial charge in [0.05, 0.1) is 11.8 Å². The Balaban J connectivity index is 1.72. The zero-order valence-corrected chi connectivity index (χ0v) is 12.6. The topological polar surface area (TPSA) is 94.0 Å². The number of nitrogens with zero attached hydrogens (tertiary/aromatic N) is 2. The Morgan fingerprint density at radius 1 is 1.30 bits per heavy atom.